The van der Waals surface area contributed by atoms with Crippen LogP contribution in [-0.2, 0) is 11.8 Å². The van der Waals surface area contributed by atoms with E-state index in [0.29, 0.717) is 11.4 Å². The Hall–Kier alpha value is -2.05. The molecule has 0 spiro atoms. The van der Waals surface area contributed by atoms with E-state index in [1.165, 1.54) is 10.9 Å². The topological polar surface area (TPSA) is 106 Å². The molecule has 0 aromatic carbocycles. The van der Waals surface area contributed by atoms with Crippen LogP contribution in [0.1, 0.15) is 45.1 Å². The molecule has 7 heteroatoms. The number of carbonyl (C=O) groups is 1. The number of hydrogen-bond acceptors (Lipinski definition) is 4. The maximum Gasteiger partial charge on any atom is 0.228 e. The number of anilines is 1. The molecule has 0 saturated carbocycles. The number of unbranched alkanes of at least 4 members (excludes halogenated alkanes) is 1. The molecule has 1 amide bonds. The fraction of sp³-hybridized carbons (Fsp3) is 0.615. The molecule has 1 heterocycles. The second-order valence-electron chi connectivity index (χ2n) is 4.75. The summed E-state index contributed by atoms with van der Waals surface area (Å²) in [6.45, 7) is 4.09. The minimum Gasteiger partial charge on any atom is -0.409 e. The molecular weight excluding hydrogens is 258 g/mol. The van der Waals surface area contributed by atoms with Crippen molar-refractivity contribution in [1.82, 2.24) is 9.78 Å². The van der Waals surface area contributed by atoms with E-state index in [2.05, 4.69) is 22.5 Å². The third-order valence-electron chi connectivity index (χ3n) is 3.33. The fourth-order valence-corrected chi connectivity index (χ4v) is 2.02. The highest BCUT2D eigenvalue weighted by atomic mass is 16.4. The highest BCUT2D eigenvalue weighted by molar-refractivity contribution is 6.04. The normalized spacial score (nSPS) is 13.2. The Morgan fingerprint density at radius 2 is 2.30 bits per heavy atom. The molecule has 112 valence electrons. The van der Waals surface area contributed by atoms with Crippen LogP contribution >= 0.6 is 0 Å². The van der Waals surface area contributed by atoms with Gasteiger partial charge < -0.3 is 16.3 Å². The lowest BCUT2D eigenvalue weighted by atomic mass is 9.98. The highest BCUT2D eigenvalue weighted by Gasteiger charge is 2.20. The van der Waals surface area contributed by atoms with Gasteiger partial charge in [0.1, 0.15) is 5.82 Å². The molecule has 7 nitrogen and oxygen atoms in total. The number of hydrogen-bond donors (Lipinski definition) is 3. The van der Waals surface area contributed by atoms with Crippen LogP contribution in [0.15, 0.2) is 11.4 Å². The Bertz CT molecular complexity index is 481. The van der Waals surface area contributed by atoms with Crippen LogP contribution in [0.3, 0.4) is 0 Å². The average molecular weight is 281 g/mol. The summed E-state index contributed by atoms with van der Waals surface area (Å²) in [4.78, 5) is 12.3. The van der Waals surface area contributed by atoms with Gasteiger partial charge in [-0.25, -0.2) is 0 Å². The summed E-state index contributed by atoms with van der Waals surface area (Å²) in [7, 11) is 1.69. The highest BCUT2D eigenvalue weighted by Crippen LogP contribution is 2.18. The van der Waals surface area contributed by atoms with Crippen molar-refractivity contribution in [1.29, 1.82) is 0 Å². The molecule has 0 fully saturated rings. The summed E-state index contributed by atoms with van der Waals surface area (Å²) in [6, 6.07) is 0. The molecular formula is C13H23N5O2. The van der Waals surface area contributed by atoms with Crippen molar-refractivity contribution < 1.29 is 10.0 Å². The molecule has 0 aliphatic rings. The minimum atomic E-state index is -0.0741. The third kappa shape index (κ3) is 3.72. The van der Waals surface area contributed by atoms with Crippen molar-refractivity contribution in [3.05, 3.63) is 11.8 Å². The van der Waals surface area contributed by atoms with E-state index in [-0.39, 0.29) is 17.7 Å². The van der Waals surface area contributed by atoms with E-state index < -0.39 is 0 Å². The number of rotatable bonds is 7. The van der Waals surface area contributed by atoms with Crippen molar-refractivity contribution in [2.75, 3.05) is 5.32 Å². The van der Waals surface area contributed by atoms with E-state index in [4.69, 9.17) is 10.9 Å². The number of amidine groups is 1. The zero-order chi connectivity index (χ0) is 15.1. The molecule has 0 aliphatic carbocycles. The van der Waals surface area contributed by atoms with Crippen LogP contribution in [0.2, 0.25) is 0 Å². The van der Waals surface area contributed by atoms with E-state index in [1.807, 2.05) is 6.92 Å². The molecule has 1 aromatic heterocycles. The SMILES string of the molecule is CCCCC(CC)C(=O)Nc1c(C(N)=NO)cnn1C. The van der Waals surface area contributed by atoms with E-state index in [1.54, 1.807) is 7.05 Å². The van der Waals surface area contributed by atoms with Gasteiger partial charge in [0.2, 0.25) is 5.91 Å². The van der Waals surface area contributed by atoms with Crippen molar-refractivity contribution in [3.63, 3.8) is 0 Å². The Kier molecular flexibility index (Phi) is 6.02. The first-order chi connectivity index (χ1) is 9.54. The van der Waals surface area contributed by atoms with Crippen molar-refractivity contribution in [3.8, 4) is 0 Å². The molecule has 1 unspecified atom stereocenters. The van der Waals surface area contributed by atoms with Crippen LogP contribution in [-0.4, -0.2) is 26.7 Å². The Morgan fingerprint density at radius 3 is 2.85 bits per heavy atom. The zero-order valence-corrected chi connectivity index (χ0v) is 12.3. The van der Waals surface area contributed by atoms with Crippen molar-refractivity contribution >= 4 is 17.6 Å². The predicted molar refractivity (Wildman–Crippen MR) is 77.7 cm³/mol. The van der Waals surface area contributed by atoms with Gasteiger partial charge in [0.15, 0.2) is 5.84 Å². The number of amides is 1. The van der Waals surface area contributed by atoms with Gasteiger partial charge in [-0.1, -0.05) is 31.8 Å². The van der Waals surface area contributed by atoms with Gasteiger partial charge in [-0.2, -0.15) is 5.10 Å². The second-order valence-corrected chi connectivity index (χ2v) is 4.75. The average Bonchev–Trinajstić information content (AvgIpc) is 2.80. The third-order valence-corrected chi connectivity index (χ3v) is 3.33. The number of aromatic nitrogens is 2. The summed E-state index contributed by atoms with van der Waals surface area (Å²) >= 11 is 0. The predicted octanol–water partition coefficient (Wildman–Crippen LogP) is 1.67. The van der Waals surface area contributed by atoms with Gasteiger partial charge in [-0.15, -0.1) is 0 Å². The number of nitrogens with zero attached hydrogens (tertiary/aromatic N) is 3. The van der Waals surface area contributed by atoms with E-state index >= 15 is 0 Å². The molecule has 1 atom stereocenters. The largest absolute Gasteiger partial charge is 0.409 e. The summed E-state index contributed by atoms with van der Waals surface area (Å²) in [5.74, 6) is 0.275. The van der Waals surface area contributed by atoms with Crippen LogP contribution in [0.4, 0.5) is 5.82 Å². The molecule has 1 rings (SSSR count). The minimum absolute atomic E-state index is 0.0370. The Morgan fingerprint density at radius 1 is 1.60 bits per heavy atom. The van der Waals surface area contributed by atoms with Crippen LogP contribution in [0, 0.1) is 5.92 Å². The van der Waals surface area contributed by atoms with Gasteiger partial charge in [0.25, 0.3) is 0 Å². The smallest absolute Gasteiger partial charge is 0.228 e. The summed E-state index contributed by atoms with van der Waals surface area (Å²) in [5.41, 5.74) is 5.98. The lowest BCUT2D eigenvalue weighted by Gasteiger charge is -2.15. The van der Waals surface area contributed by atoms with Crippen LogP contribution in [0.25, 0.3) is 0 Å². The first kappa shape index (κ1) is 16.0. The monoisotopic (exact) mass is 281 g/mol. The first-order valence-electron chi connectivity index (χ1n) is 6.85. The molecule has 0 aliphatic heterocycles. The van der Waals surface area contributed by atoms with Crippen molar-refractivity contribution in [2.24, 2.45) is 23.9 Å². The second kappa shape index (κ2) is 7.52. The van der Waals surface area contributed by atoms with Gasteiger partial charge in [0.05, 0.1) is 11.8 Å². The van der Waals surface area contributed by atoms with Gasteiger partial charge >= 0.3 is 0 Å². The zero-order valence-electron chi connectivity index (χ0n) is 12.3. The number of oxime groups is 1. The van der Waals surface area contributed by atoms with Crippen molar-refractivity contribution in [2.45, 2.75) is 39.5 Å². The van der Waals surface area contributed by atoms with Gasteiger partial charge in [0, 0.05) is 13.0 Å². The fourth-order valence-electron chi connectivity index (χ4n) is 2.02. The van der Waals surface area contributed by atoms with E-state index in [9.17, 15) is 4.79 Å². The maximum absolute atomic E-state index is 12.3. The maximum atomic E-state index is 12.3. The quantitative estimate of drug-likeness (QED) is 0.306. The molecule has 1 aromatic rings. The van der Waals surface area contributed by atoms with Crippen LogP contribution < -0.4 is 11.1 Å². The Balaban J connectivity index is 2.87. The lowest BCUT2D eigenvalue weighted by Crippen LogP contribution is -2.25. The van der Waals surface area contributed by atoms with Crippen LogP contribution in [0.5, 0.6) is 0 Å². The number of nitrogens with one attached hydrogen (secondary N) is 1. The summed E-state index contributed by atoms with van der Waals surface area (Å²) < 4.78 is 1.50. The molecule has 20 heavy (non-hydrogen) atoms. The lowest BCUT2D eigenvalue weighted by molar-refractivity contribution is -0.120. The van der Waals surface area contributed by atoms with E-state index in [0.717, 1.165) is 25.7 Å². The molecule has 4 N–H and O–H groups in total. The summed E-state index contributed by atoms with van der Waals surface area (Å²) in [6.07, 6.45) is 5.17. The Labute approximate surface area is 118 Å². The molecule has 0 saturated heterocycles. The van der Waals surface area contributed by atoms with Gasteiger partial charge in [-0.3, -0.25) is 9.48 Å². The number of carbonyl (C=O) groups excluding carboxylic acids is 1. The van der Waals surface area contributed by atoms with Gasteiger partial charge in [-0.05, 0) is 12.8 Å². The number of aryl methyl sites for hydroxylation is 1. The molecule has 0 radical (unpaired) electrons. The molecule has 0 bridgehead atoms. The summed E-state index contributed by atoms with van der Waals surface area (Å²) in [5, 5.41) is 18.5. The number of nitrogens with two attached hydrogens (primary N) is 1. The first-order valence-corrected chi connectivity index (χ1v) is 6.85. The standard InChI is InChI=1S/C13H23N5O2/c1-4-6-7-9(5-2)13(19)16-12-10(11(14)17-20)8-15-18(12)3/h8-9,20H,4-7H2,1-3H3,(H2,14,17)(H,16,19).